The second kappa shape index (κ2) is 7.09. The summed E-state index contributed by atoms with van der Waals surface area (Å²) in [6, 6.07) is 3.11. The van der Waals surface area contributed by atoms with Crippen LogP contribution in [0.15, 0.2) is 12.1 Å². The summed E-state index contributed by atoms with van der Waals surface area (Å²) in [6.07, 6.45) is 2.30. The molecule has 1 saturated carbocycles. The Labute approximate surface area is 131 Å². The van der Waals surface area contributed by atoms with Crippen LogP contribution in [-0.2, 0) is 0 Å². The predicted octanol–water partition coefficient (Wildman–Crippen LogP) is 2.96. The number of carbonyl (C=O) groups is 1. The van der Waals surface area contributed by atoms with Gasteiger partial charge in [-0.25, -0.2) is 9.18 Å². The SMILES string of the molecule is Cc1cc([C@H](C)NC(=O)NC[C@@H]2CC[C@@H](O)C2)cc(C)c1F. The maximum absolute atomic E-state index is 13.6. The van der Waals surface area contributed by atoms with E-state index in [2.05, 4.69) is 10.6 Å². The van der Waals surface area contributed by atoms with Gasteiger partial charge < -0.3 is 15.7 Å². The van der Waals surface area contributed by atoms with Crippen LogP contribution >= 0.6 is 0 Å². The monoisotopic (exact) mass is 308 g/mol. The largest absolute Gasteiger partial charge is 0.393 e. The summed E-state index contributed by atoms with van der Waals surface area (Å²) < 4.78 is 13.6. The average molecular weight is 308 g/mol. The Balaban J connectivity index is 1.86. The zero-order chi connectivity index (χ0) is 16.3. The van der Waals surface area contributed by atoms with Crippen molar-refractivity contribution in [3.05, 3.63) is 34.6 Å². The van der Waals surface area contributed by atoms with Gasteiger partial charge in [0.15, 0.2) is 0 Å². The number of aliphatic hydroxyl groups excluding tert-OH is 1. The molecule has 0 bridgehead atoms. The number of amides is 2. The van der Waals surface area contributed by atoms with Gasteiger partial charge >= 0.3 is 6.03 Å². The quantitative estimate of drug-likeness (QED) is 0.801. The van der Waals surface area contributed by atoms with Gasteiger partial charge in [0.05, 0.1) is 12.1 Å². The second-order valence-electron chi connectivity index (χ2n) is 6.38. The van der Waals surface area contributed by atoms with Crippen LogP contribution in [0.1, 0.15) is 48.9 Å². The van der Waals surface area contributed by atoms with Crippen LogP contribution in [-0.4, -0.2) is 23.8 Å². The fraction of sp³-hybridized carbons (Fsp3) is 0.588. The van der Waals surface area contributed by atoms with Crippen molar-refractivity contribution in [3.8, 4) is 0 Å². The van der Waals surface area contributed by atoms with Crippen LogP contribution in [0, 0.1) is 25.6 Å². The van der Waals surface area contributed by atoms with Gasteiger partial charge in [0.1, 0.15) is 5.82 Å². The molecule has 0 aliphatic heterocycles. The molecule has 22 heavy (non-hydrogen) atoms. The topological polar surface area (TPSA) is 61.4 Å². The molecule has 0 saturated heterocycles. The molecule has 2 amide bonds. The van der Waals surface area contributed by atoms with Crippen molar-refractivity contribution >= 4 is 6.03 Å². The molecule has 3 atom stereocenters. The number of nitrogens with one attached hydrogen (secondary N) is 2. The molecule has 0 radical (unpaired) electrons. The molecule has 1 aromatic carbocycles. The first-order valence-corrected chi connectivity index (χ1v) is 7.86. The van der Waals surface area contributed by atoms with Crippen molar-refractivity contribution in [3.63, 3.8) is 0 Å². The van der Waals surface area contributed by atoms with Crippen LogP contribution in [0.25, 0.3) is 0 Å². The fourth-order valence-electron chi connectivity index (χ4n) is 3.03. The third-order valence-corrected chi connectivity index (χ3v) is 4.37. The van der Waals surface area contributed by atoms with Crippen molar-refractivity contribution in [2.24, 2.45) is 5.92 Å². The third-order valence-electron chi connectivity index (χ3n) is 4.37. The minimum absolute atomic E-state index is 0.188. The molecule has 0 aromatic heterocycles. The Morgan fingerprint density at radius 3 is 2.55 bits per heavy atom. The smallest absolute Gasteiger partial charge is 0.315 e. The summed E-state index contributed by atoms with van der Waals surface area (Å²) in [5.41, 5.74) is 2.07. The van der Waals surface area contributed by atoms with Gasteiger partial charge in [-0.15, -0.1) is 0 Å². The first-order valence-electron chi connectivity index (χ1n) is 7.86. The van der Waals surface area contributed by atoms with Crippen molar-refractivity contribution in [1.29, 1.82) is 0 Å². The van der Waals surface area contributed by atoms with Gasteiger partial charge in [-0.05, 0) is 62.6 Å². The van der Waals surface area contributed by atoms with Gasteiger partial charge in [0.25, 0.3) is 0 Å². The third kappa shape index (κ3) is 4.19. The van der Waals surface area contributed by atoms with Gasteiger partial charge in [0, 0.05) is 6.54 Å². The lowest BCUT2D eigenvalue weighted by Gasteiger charge is -2.18. The average Bonchev–Trinajstić information content (AvgIpc) is 2.87. The van der Waals surface area contributed by atoms with E-state index in [0.29, 0.717) is 23.6 Å². The molecule has 0 spiro atoms. The number of hydrogen-bond donors (Lipinski definition) is 3. The molecule has 5 heteroatoms. The van der Waals surface area contributed by atoms with E-state index in [0.717, 1.165) is 24.8 Å². The van der Waals surface area contributed by atoms with Crippen molar-refractivity contribution in [2.45, 2.75) is 52.2 Å². The summed E-state index contributed by atoms with van der Waals surface area (Å²) in [5.74, 6) is 0.159. The highest BCUT2D eigenvalue weighted by atomic mass is 19.1. The standard InChI is InChI=1S/C17H25FN2O2/c1-10-6-14(7-11(2)16(10)18)12(3)20-17(22)19-9-13-4-5-15(21)8-13/h6-7,12-13,15,21H,4-5,8-9H2,1-3H3,(H2,19,20,22)/t12-,13+,15+/m0/s1. The van der Waals surface area contributed by atoms with E-state index in [1.165, 1.54) is 0 Å². The van der Waals surface area contributed by atoms with E-state index >= 15 is 0 Å². The molecule has 1 aliphatic rings. The van der Waals surface area contributed by atoms with Crippen LogP contribution in [0.2, 0.25) is 0 Å². The highest BCUT2D eigenvalue weighted by Gasteiger charge is 2.23. The molecule has 1 aromatic rings. The molecule has 3 N–H and O–H groups in total. The highest BCUT2D eigenvalue weighted by Crippen LogP contribution is 2.24. The Morgan fingerprint density at radius 2 is 2.00 bits per heavy atom. The number of urea groups is 1. The lowest BCUT2D eigenvalue weighted by atomic mass is 10.0. The number of aliphatic hydroxyl groups is 1. The fourth-order valence-corrected chi connectivity index (χ4v) is 3.03. The maximum atomic E-state index is 13.6. The van der Waals surface area contributed by atoms with Gasteiger partial charge in [-0.3, -0.25) is 0 Å². The van der Waals surface area contributed by atoms with Gasteiger partial charge in [-0.1, -0.05) is 12.1 Å². The molecule has 0 unspecified atom stereocenters. The van der Waals surface area contributed by atoms with E-state index in [9.17, 15) is 14.3 Å². The summed E-state index contributed by atoms with van der Waals surface area (Å²) in [4.78, 5) is 11.9. The zero-order valence-corrected chi connectivity index (χ0v) is 13.4. The van der Waals surface area contributed by atoms with Crippen molar-refractivity contribution < 1.29 is 14.3 Å². The van der Waals surface area contributed by atoms with Crippen LogP contribution in [0.3, 0.4) is 0 Å². The summed E-state index contributed by atoms with van der Waals surface area (Å²) in [5, 5.41) is 15.2. The zero-order valence-electron chi connectivity index (χ0n) is 13.4. The van der Waals surface area contributed by atoms with E-state index in [4.69, 9.17) is 0 Å². The minimum Gasteiger partial charge on any atom is -0.393 e. The summed E-state index contributed by atoms with van der Waals surface area (Å²) >= 11 is 0. The number of hydrogen-bond acceptors (Lipinski definition) is 2. The number of carbonyl (C=O) groups excluding carboxylic acids is 1. The molecular weight excluding hydrogens is 283 g/mol. The normalized spacial score (nSPS) is 22.4. The summed E-state index contributed by atoms with van der Waals surface area (Å²) in [7, 11) is 0. The molecule has 122 valence electrons. The Morgan fingerprint density at radius 1 is 1.36 bits per heavy atom. The number of halogens is 1. The lowest BCUT2D eigenvalue weighted by molar-refractivity contribution is 0.177. The molecule has 4 nitrogen and oxygen atoms in total. The molecule has 0 heterocycles. The maximum Gasteiger partial charge on any atom is 0.315 e. The molecule has 2 rings (SSSR count). The van der Waals surface area contributed by atoms with Crippen LogP contribution < -0.4 is 10.6 Å². The van der Waals surface area contributed by atoms with Gasteiger partial charge in [-0.2, -0.15) is 0 Å². The van der Waals surface area contributed by atoms with Gasteiger partial charge in [0.2, 0.25) is 0 Å². The molecule has 1 aliphatic carbocycles. The van der Waals surface area contributed by atoms with Crippen LogP contribution in [0.4, 0.5) is 9.18 Å². The second-order valence-corrected chi connectivity index (χ2v) is 6.38. The number of aryl methyl sites for hydroxylation is 2. The van der Waals surface area contributed by atoms with Crippen LogP contribution in [0.5, 0.6) is 0 Å². The number of rotatable bonds is 4. The lowest BCUT2D eigenvalue weighted by Crippen LogP contribution is -2.39. The van der Waals surface area contributed by atoms with E-state index in [1.54, 1.807) is 26.0 Å². The van der Waals surface area contributed by atoms with E-state index < -0.39 is 0 Å². The van der Waals surface area contributed by atoms with E-state index in [-0.39, 0.29) is 24.0 Å². The number of benzene rings is 1. The first kappa shape index (κ1) is 16.7. The predicted molar refractivity (Wildman–Crippen MR) is 84.2 cm³/mol. The minimum atomic E-state index is -0.228. The molecule has 1 fully saturated rings. The van der Waals surface area contributed by atoms with Crippen molar-refractivity contribution in [2.75, 3.05) is 6.54 Å². The highest BCUT2D eigenvalue weighted by molar-refractivity contribution is 5.74. The molecular formula is C17H25FN2O2. The summed E-state index contributed by atoms with van der Waals surface area (Å²) in [6.45, 7) is 5.91. The Kier molecular flexibility index (Phi) is 5.40. The van der Waals surface area contributed by atoms with E-state index in [1.807, 2.05) is 6.92 Å². The van der Waals surface area contributed by atoms with Crippen molar-refractivity contribution in [1.82, 2.24) is 10.6 Å². The first-order chi connectivity index (χ1) is 10.4. The Hall–Kier alpha value is -1.62. The Bertz CT molecular complexity index is 524.